The smallest absolute Gasteiger partial charge is 0.439 e. The number of carbonyl (C=O) groups excluding carboxylic acids is 1. The van der Waals surface area contributed by atoms with Crippen molar-refractivity contribution in [3.05, 3.63) is 28.9 Å². The second kappa shape index (κ2) is 7.98. The van der Waals surface area contributed by atoms with Gasteiger partial charge >= 0.3 is 5.76 Å². The van der Waals surface area contributed by atoms with Crippen LogP contribution < -0.4 is 15.8 Å². The Hall–Kier alpha value is -2.68. The molecule has 29 heavy (non-hydrogen) atoms. The van der Waals surface area contributed by atoms with Crippen molar-refractivity contribution in [1.29, 1.82) is 0 Å². The van der Waals surface area contributed by atoms with Crippen LogP contribution in [0.4, 0.5) is 0 Å². The highest BCUT2D eigenvalue weighted by atomic mass is 16.5. The van der Waals surface area contributed by atoms with E-state index in [0.717, 1.165) is 25.7 Å². The van der Waals surface area contributed by atoms with E-state index in [4.69, 9.17) is 9.47 Å². The molecule has 2 N–H and O–H groups in total. The first kappa shape index (κ1) is 19.6. The highest BCUT2D eigenvalue weighted by Crippen LogP contribution is 2.34. The van der Waals surface area contributed by atoms with Crippen LogP contribution in [0.1, 0.15) is 39.5 Å². The third-order valence-electron chi connectivity index (χ3n) is 5.78. The molecule has 1 aliphatic carbocycles. The van der Waals surface area contributed by atoms with Crippen molar-refractivity contribution in [2.24, 2.45) is 11.3 Å². The van der Waals surface area contributed by atoms with E-state index in [1.807, 2.05) is 0 Å². The average molecular weight is 402 g/mol. The minimum Gasteiger partial charge on any atom is -0.474 e. The quantitative estimate of drug-likeness (QED) is 0.784. The van der Waals surface area contributed by atoms with Gasteiger partial charge in [0.15, 0.2) is 5.82 Å². The lowest BCUT2D eigenvalue weighted by Gasteiger charge is -2.31. The number of H-pyrrole nitrogens is 1. The SMILES string of the molecule is CC1(C)COCC1C(=O)NC1CCC(Oc2ccc(-c3noc(=O)[nH]3)cn2)CC1. The summed E-state index contributed by atoms with van der Waals surface area (Å²) >= 11 is 0. The zero-order valence-electron chi connectivity index (χ0n) is 16.6. The lowest BCUT2D eigenvalue weighted by Crippen LogP contribution is -2.45. The van der Waals surface area contributed by atoms with Crippen LogP contribution >= 0.6 is 0 Å². The highest BCUT2D eigenvalue weighted by Gasteiger charge is 2.41. The van der Waals surface area contributed by atoms with Crippen LogP contribution in [0.5, 0.6) is 5.88 Å². The second-order valence-corrected chi connectivity index (χ2v) is 8.49. The van der Waals surface area contributed by atoms with E-state index < -0.39 is 5.76 Å². The van der Waals surface area contributed by atoms with Crippen LogP contribution in [0.25, 0.3) is 11.4 Å². The predicted molar refractivity (Wildman–Crippen MR) is 103 cm³/mol. The summed E-state index contributed by atoms with van der Waals surface area (Å²) in [4.78, 5) is 30.4. The first-order chi connectivity index (χ1) is 13.9. The lowest BCUT2D eigenvalue weighted by molar-refractivity contribution is -0.128. The standard InChI is InChI=1S/C20H26N4O5/c1-20(2)11-27-10-15(20)18(25)22-13-4-6-14(7-5-13)28-16-8-3-12(9-21-16)17-23-19(26)29-24-17/h3,8-9,13-15H,4-7,10-11H2,1-2H3,(H,22,25)(H,23,24,26). The van der Waals surface area contributed by atoms with Crippen LogP contribution in [0.15, 0.2) is 27.6 Å². The van der Waals surface area contributed by atoms with Gasteiger partial charge in [-0.15, -0.1) is 0 Å². The van der Waals surface area contributed by atoms with Gasteiger partial charge in [0.05, 0.1) is 19.1 Å². The minimum atomic E-state index is -0.604. The number of carbonyl (C=O) groups is 1. The Bertz CT molecular complexity index is 896. The Morgan fingerprint density at radius 3 is 2.66 bits per heavy atom. The van der Waals surface area contributed by atoms with E-state index in [2.05, 4.69) is 38.8 Å². The number of rotatable bonds is 5. The van der Waals surface area contributed by atoms with Crippen molar-refractivity contribution in [3.63, 3.8) is 0 Å². The molecule has 2 fully saturated rings. The Kier molecular flexibility index (Phi) is 5.40. The molecule has 2 aromatic rings. The van der Waals surface area contributed by atoms with Gasteiger partial charge in [-0.3, -0.25) is 14.3 Å². The largest absolute Gasteiger partial charge is 0.474 e. The minimum absolute atomic E-state index is 0.0691. The van der Waals surface area contributed by atoms with E-state index in [0.29, 0.717) is 30.5 Å². The van der Waals surface area contributed by atoms with Crippen LogP contribution in [0.3, 0.4) is 0 Å². The Morgan fingerprint density at radius 2 is 2.07 bits per heavy atom. The first-order valence-electron chi connectivity index (χ1n) is 9.98. The summed E-state index contributed by atoms with van der Waals surface area (Å²) in [6, 6.07) is 3.70. The third-order valence-corrected chi connectivity index (χ3v) is 5.78. The fourth-order valence-corrected chi connectivity index (χ4v) is 3.94. The number of aromatic amines is 1. The van der Waals surface area contributed by atoms with E-state index in [1.165, 1.54) is 0 Å². The molecule has 0 aromatic carbocycles. The van der Waals surface area contributed by atoms with E-state index in [-0.39, 0.29) is 29.4 Å². The normalized spacial score (nSPS) is 26.2. The molecule has 9 nitrogen and oxygen atoms in total. The van der Waals surface area contributed by atoms with E-state index in [9.17, 15) is 9.59 Å². The molecular weight excluding hydrogens is 376 g/mol. The second-order valence-electron chi connectivity index (χ2n) is 8.49. The summed E-state index contributed by atoms with van der Waals surface area (Å²) in [7, 11) is 0. The van der Waals surface area contributed by atoms with Crippen LogP contribution in [0.2, 0.25) is 0 Å². The molecule has 3 heterocycles. The number of nitrogens with zero attached hydrogens (tertiary/aromatic N) is 2. The molecule has 1 saturated carbocycles. The lowest BCUT2D eigenvalue weighted by atomic mass is 9.81. The maximum Gasteiger partial charge on any atom is 0.439 e. The molecule has 4 rings (SSSR count). The van der Waals surface area contributed by atoms with Gasteiger partial charge in [-0.05, 0) is 31.7 Å². The van der Waals surface area contributed by atoms with Crippen molar-refractivity contribution >= 4 is 5.91 Å². The van der Waals surface area contributed by atoms with Gasteiger partial charge in [0.25, 0.3) is 0 Å². The van der Waals surface area contributed by atoms with Crippen molar-refractivity contribution in [2.45, 2.75) is 51.7 Å². The zero-order valence-corrected chi connectivity index (χ0v) is 16.6. The summed E-state index contributed by atoms with van der Waals surface area (Å²) in [5.41, 5.74) is 0.537. The first-order valence-corrected chi connectivity index (χ1v) is 9.98. The van der Waals surface area contributed by atoms with Gasteiger partial charge in [0, 0.05) is 29.3 Å². The average Bonchev–Trinajstić information content (AvgIpc) is 3.29. The molecule has 1 amide bonds. The van der Waals surface area contributed by atoms with Gasteiger partial charge in [-0.25, -0.2) is 9.78 Å². The van der Waals surface area contributed by atoms with Crippen LogP contribution in [-0.4, -0.2) is 46.4 Å². The number of aromatic nitrogens is 3. The van der Waals surface area contributed by atoms with Gasteiger partial charge in [0.1, 0.15) is 6.10 Å². The number of hydrogen-bond acceptors (Lipinski definition) is 7. The molecule has 0 bridgehead atoms. The Balaban J connectivity index is 1.26. The van der Waals surface area contributed by atoms with Gasteiger partial charge < -0.3 is 14.8 Å². The van der Waals surface area contributed by atoms with Crippen molar-refractivity contribution in [1.82, 2.24) is 20.4 Å². The fraction of sp³-hybridized carbons (Fsp3) is 0.600. The zero-order chi connectivity index (χ0) is 20.4. The summed E-state index contributed by atoms with van der Waals surface area (Å²) in [5, 5.41) is 6.83. The number of hydrogen-bond donors (Lipinski definition) is 2. The number of pyridine rings is 1. The number of amides is 1. The number of nitrogens with one attached hydrogen (secondary N) is 2. The molecular formula is C20H26N4O5. The maximum absolute atomic E-state index is 12.6. The van der Waals surface area contributed by atoms with Gasteiger partial charge in [-0.1, -0.05) is 19.0 Å². The van der Waals surface area contributed by atoms with Crippen LogP contribution in [-0.2, 0) is 9.53 Å². The Morgan fingerprint density at radius 1 is 1.28 bits per heavy atom. The van der Waals surface area contributed by atoms with Crippen molar-refractivity contribution < 1.29 is 18.8 Å². The molecule has 0 radical (unpaired) electrons. The topological polar surface area (TPSA) is 119 Å². The van der Waals surface area contributed by atoms with E-state index >= 15 is 0 Å². The molecule has 1 saturated heterocycles. The summed E-state index contributed by atoms with van der Waals surface area (Å²) < 4.78 is 16.0. The van der Waals surface area contributed by atoms with Crippen LogP contribution in [0, 0.1) is 11.3 Å². The van der Waals surface area contributed by atoms with Crippen molar-refractivity contribution in [3.8, 4) is 17.3 Å². The predicted octanol–water partition coefficient (Wildman–Crippen LogP) is 1.90. The molecule has 9 heteroatoms. The number of ether oxygens (including phenoxy) is 2. The summed E-state index contributed by atoms with van der Waals surface area (Å²) in [6.45, 7) is 5.28. The molecule has 1 unspecified atom stereocenters. The molecule has 156 valence electrons. The molecule has 1 atom stereocenters. The van der Waals surface area contributed by atoms with Gasteiger partial charge in [0.2, 0.25) is 11.8 Å². The summed E-state index contributed by atoms with van der Waals surface area (Å²) in [5.74, 6) is 0.269. The Labute approximate surface area is 168 Å². The molecule has 1 aliphatic heterocycles. The van der Waals surface area contributed by atoms with E-state index in [1.54, 1.807) is 18.3 Å². The highest BCUT2D eigenvalue weighted by molar-refractivity contribution is 5.80. The molecule has 0 spiro atoms. The fourth-order valence-electron chi connectivity index (χ4n) is 3.94. The molecule has 2 aromatic heterocycles. The maximum atomic E-state index is 12.6. The summed E-state index contributed by atoms with van der Waals surface area (Å²) in [6.07, 6.45) is 5.12. The van der Waals surface area contributed by atoms with Gasteiger partial charge in [-0.2, -0.15) is 0 Å². The molecule has 2 aliphatic rings. The van der Waals surface area contributed by atoms with Crippen molar-refractivity contribution in [2.75, 3.05) is 13.2 Å². The third kappa shape index (κ3) is 4.50. The monoisotopic (exact) mass is 402 g/mol.